The van der Waals surface area contributed by atoms with Gasteiger partial charge in [-0.15, -0.1) is 11.8 Å². The summed E-state index contributed by atoms with van der Waals surface area (Å²) in [7, 11) is 0. The van der Waals surface area contributed by atoms with Crippen LogP contribution in [-0.2, 0) is 9.53 Å². The molecule has 0 aliphatic carbocycles. The van der Waals surface area contributed by atoms with Crippen LogP contribution in [0.2, 0.25) is 0 Å². The molecule has 1 unspecified atom stereocenters. The van der Waals surface area contributed by atoms with Crippen molar-refractivity contribution < 1.29 is 9.53 Å². The second kappa shape index (κ2) is 6.43. The van der Waals surface area contributed by atoms with Gasteiger partial charge in [0, 0.05) is 5.69 Å². The van der Waals surface area contributed by atoms with E-state index in [2.05, 4.69) is 5.32 Å². The molecule has 0 heterocycles. The summed E-state index contributed by atoms with van der Waals surface area (Å²) in [6, 6.07) is 7.92. The zero-order valence-corrected chi connectivity index (χ0v) is 10.6. The Kier molecular flexibility index (Phi) is 5.19. The molecular weight excluding hydrogens is 222 g/mol. The number of anilines is 1. The zero-order valence-electron chi connectivity index (χ0n) is 9.82. The lowest BCUT2D eigenvalue weighted by molar-refractivity contribution is -0.141. The first-order chi connectivity index (χ1) is 7.67. The van der Waals surface area contributed by atoms with Crippen molar-refractivity contribution in [2.75, 3.05) is 18.2 Å². The molecule has 0 radical (unpaired) electrons. The molecule has 16 heavy (non-hydrogen) atoms. The van der Waals surface area contributed by atoms with Gasteiger partial charge in [0.2, 0.25) is 0 Å². The van der Waals surface area contributed by atoms with Crippen molar-refractivity contribution in [3.8, 4) is 0 Å². The average molecular weight is 239 g/mol. The van der Waals surface area contributed by atoms with Crippen molar-refractivity contribution in [2.24, 2.45) is 0 Å². The molecule has 88 valence electrons. The molecule has 1 aromatic rings. The van der Waals surface area contributed by atoms with E-state index >= 15 is 0 Å². The fourth-order valence-electron chi connectivity index (χ4n) is 1.23. The first-order valence-electron chi connectivity index (χ1n) is 5.20. The molecule has 1 rings (SSSR count). The summed E-state index contributed by atoms with van der Waals surface area (Å²) in [4.78, 5) is 11.5. The molecule has 1 aromatic carbocycles. The molecule has 0 saturated carbocycles. The van der Waals surface area contributed by atoms with Gasteiger partial charge in [-0.3, -0.25) is 0 Å². The second-order valence-electron chi connectivity index (χ2n) is 3.38. The Hall–Kier alpha value is -1.16. The summed E-state index contributed by atoms with van der Waals surface area (Å²) >= 11 is 1.43. The Morgan fingerprint density at radius 3 is 2.56 bits per heavy atom. The van der Waals surface area contributed by atoms with Gasteiger partial charge in [-0.25, -0.2) is 4.79 Å². The lowest BCUT2D eigenvalue weighted by Crippen LogP contribution is -2.27. The second-order valence-corrected chi connectivity index (χ2v) is 4.32. The van der Waals surface area contributed by atoms with Crippen LogP contribution in [0.1, 0.15) is 12.5 Å². The summed E-state index contributed by atoms with van der Waals surface area (Å²) in [6.45, 7) is 4.24. The Bertz CT molecular complexity index is 337. The van der Waals surface area contributed by atoms with Crippen molar-refractivity contribution in [3.63, 3.8) is 0 Å². The zero-order chi connectivity index (χ0) is 12.0. The third-order valence-electron chi connectivity index (χ3n) is 2.09. The van der Waals surface area contributed by atoms with Crippen LogP contribution in [0, 0.1) is 6.92 Å². The maximum Gasteiger partial charge on any atom is 0.339 e. The molecule has 0 aliphatic rings. The van der Waals surface area contributed by atoms with Crippen LogP contribution in [0.4, 0.5) is 5.69 Å². The Morgan fingerprint density at radius 2 is 2.06 bits per heavy atom. The van der Waals surface area contributed by atoms with Gasteiger partial charge in [0.1, 0.15) is 0 Å². The normalized spacial score (nSPS) is 11.9. The Labute approximate surface area is 101 Å². The number of aryl methyl sites for hydroxylation is 1. The van der Waals surface area contributed by atoms with Gasteiger partial charge in [0.15, 0.2) is 5.37 Å². The van der Waals surface area contributed by atoms with Gasteiger partial charge in [0.05, 0.1) is 6.61 Å². The van der Waals surface area contributed by atoms with Gasteiger partial charge in [0.25, 0.3) is 0 Å². The number of hydrogen-bond donors (Lipinski definition) is 1. The number of carbonyl (C=O) groups is 1. The quantitative estimate of drug-likeness (QED) is 0.633. The molecule has 0 fully saturated rings. The average Bonchev–Trinajstić information content (AvgIpc) is 2.28. The summed E-state index contributed by atoms with van der Waals surface area (Å²) in [6.07, 6.45) is 1.88. The molecule has 4 heteroatoms. The Balaban J connectivity index is 2.62. The van der Waals surface area contributed by atoms with E-state index in [0.29, 0.717) is 6.61 Å². The number of thioether (sulfide) groups is 1. The molecule has 0 aliphatic heterocycles. The molecule has 1 N–H and O–H groups in total. The molecule has 0 aromatic heterocycles. The summed E-state index contributed by atoms with van der Waals surface area (Å²) in [5.41, 5.74) is 2.13. The highest BCUT2D eigenvalue weighted by molar-refractivity contribution is 8.00. The molecule has 0 amide bonds. The maximum atomic E-state index is 11.5. The van der Waals surface area contributed by atoms with E-state index in [-0.39, 0.29) is 11.3 Å². The van der Waals surface area contributed by atoms with Gasteiger partial charge < -0.3 is 10.1 Å². The maximum absolute atomic E-state index is 11.5. The van der Waals surface area contributed by atoms with Crippen molar-refractivity contribution in [3.05, 3.63) is 29.8 Å². The van der Waals surface area contributed by atoms with Crippen LogP contribution in [0.5, 0.6) is 0 Å². The van der Waals surface area contributed by atoms with Crippen molar-refractivity contribution in [1.82, 2.24) is 0 Å². The van der Waals surface area contributed by atoms with Crippen molar-refractivity contribution in [2.45, 2.75) is 19.2 Å². The first kappa shape index (κ1) is 12.9. The molecule has 0 bridgehead atoms. The monoisotopic (exact) mass is 239 g/mol. The van der Waals surface area contributed by atoms with Gasteiger partial charge in [-0.1, -0.05) is 17.7 Å². The molecular formula is C12H17NO2S. The molecule has 3 nitrogen and oxygen atoms in total. The number of benzene rings is 1. The highest BCUT2D eigenvalue weighted by Gasteiger charge is 2.17. The van der Waals surface area contributed by atoms with E-state index in [1.807, 2.05) is 37.4 Å². The van der Waals surface area contributed by atoms with E-state index in [1.54, 1.807) is 6.92 Å². The number of ether oxygens (including phenoxy) is 1. The summed E-state index contributed by atoms with van der Waals surface area (Å²) in [5.74, 6) is -0.226. The van der Waals surface area contributed by atoms with Crippen LogP contribution in [0.3, 0.4) is 0 Å². The number of carbonyl (C=O) groups excluding carboxylic acids is 1. The van der Waals surface area contributed by atoms with E-state index < -0.39 is 0 Å². The van der Waals surface area contributed by atoms with E-state index in [9.17, 15) is 4.79 Å². The summed E-state index contributed by atoms with van der Waals surface area (Å²) in [5, 5.41) is 2.78. The standard InChI is InChI=1S/C12H17NO2S/c1-4-15-12(14)11(16-3)13-10-7-5-9(2)6-8-10/h5-8,11,13H,4H2,1-3H3. The number of rotatable bonds is 5. The molecule has 0 spiro atoms. The Morgan fingerprint density at radius 1 is 1.44 bits per heavy atom. The third kappa shape index (κ3) is 3.77. The minimum atomic E-state index is -0.345. The topological polar surface area (TPSA) is 38.3 Å². The number of hydrogen-bond acceptors (Lipinski definition) is 4. The van der Waals surface area contributed by atoms with E-state index in [4.69, 9.17) is 4.74 Å². The minimum absolute atomic E-state index is 0.226. The van der Waals surface area contributed by atoms with Gasteiger partial charge >= 0.3 is 5.97 Å². The van der Waals surface area contributed by atoms with E-state index in [0.717, 1.165) is 5.69 Å². The number of esters is 1. The lowest BCUT2D eigenvalue weighted by Gasteiger charge is -2.16. The SMILES string of the molecule is CCOC(=O)C(Nc1ccc(C)cc1)SC. The highest BCUT2D eigenvalue weighted by atomic mass is 32.2. The van der Waals surface area contributed by atoms with Crippen LogP contribution >= 0.6 is 11.8 Å². The van der Waals surface area contributed by atoms with Crippen molar-refractivity contribution >= 4 is 23.4 Å². The van der Waals surface area contributed by atoms with Crippen LogP contribution in [-0.4, -0.2) is 24.2 Å². The van der Waals surface area contributed by atoms with Crippen LogP contribution in [0.15, 0.2) is 24.3 Å². The minimum Gasteiger partial charge on any atom is -0.464 e. The van der Waals surface area contributed by atoms with Crippen LogP contribution in [0.25, 0.3) is 0 Å². The molecule has 1 atom stereocenters. The largest absolute Gasteiger partial charge is 0.464 e. The number of nitrogens with one attached hydrogen (secondary N) is 1. The smallest absolute Gasteiger partial charge is 0.339 e. The lowest BCUT2D eigenvalue weighted by atomic mass is 10.2. The first-order valence-corrected chi connectivity index (χ1v) is 6.48. The fraction of sp³-hybridized carbons (Fsp3) is 0.417. The van der Waals surface area contributed by atoms with Crippen LogP contribution < -0.4 is 5.32 Å². The predicted molar refractivity (Wildman–Crippen MR) is 68.7 cm³/mol. The third-order valence-corrected chi connectivity index (χ3v) is 2.87. The summed E-state index contributed by atoms with van der Waals surface area (Å²) < 4.78 is 4.97. The van der Waals surface area contributed by atoms with Crippen molar-refractivity contribution in [1.29, 1.82) is 0 Å². The molecule has 0 saturated heterocycles. The fourth-order valence-corrected chi connectivity index (χ4v) is 1.75. The predicted octanol–water partition coefficient (Wildman–Crippen LogP) is 2.66. The van der Waals surface area contributed by atoms with Gasteiger partial charge in [-0.05, 0) is 32.2 Å². The van der Waals surface area contributed by atoms with E-state index in [1.165, 1.54) is 17.3 Å². The highest BCUT2D eigenvalue weighted by Crippen LogP contribution is 2.15. The van der Waals surface area contributed by atoms with Gasteiger partial charge in [-0.2, -0.15) is 0 Å².